The first kappa shape index (κ1) is 9.65. The Labute approximate surface area is 95.8 Å². The van der Waals surface area contributed by atoms with Crippen LogP contribution in [0.15, 0.2) is 39.9 Å². The number of benzene rings is 1. The zero-order valence-electron chi connectivity index (χ0n) is 8.73. The molecule has 2 aromatic rings. The fourth-order valence-corrected chi connectivity index (χ4v) is 1.75. The monoisotopic (exact) mass is 226 g/mol. The first-order chi connectivity index (χ1) is 8.24. The van der Waals surface area contributed by atoms with Crippen molar-refractivity contribution in [2.75, 3.05) is 0 Å². The van der Waals surface area contributed by atoms with Gasteiger partial charge >= 0.3 is 5.69 Å². The van der Waals surface area contributed by atoms with E-state index >= 15 is 0 Å². The molecule has 1 aliphatic heterocycles. The summed E-state index contributed by atoms with van der Waals surface area (Å²) in [6.45, 7) is 0. The molecule has 0 bridgehead atoms. The van der Waals surface area contributed by atoms with E-state index in [-0.39, 0.29) is 0 Å². The Bertz CT molecular complexity index is 711. The molecular weight excluding hydrogens is 218 g/mol. The molecule has 1 aromatic heterocycles. The van der Waals surface area contributed by atoms with Gasteiger partial charge in [-0.2, -0.15) is 0 Å². The SMILES string of the molecule is O=c1[nH]c2c(c(=O)[nH]1)C=C(c1ccccc1)[N]2. The second kappa shape index (κ2) is 3.48. The minimum atomic E-state index is -0.541. The van der Waals surface area contributed by atoms with Crippen molar-refractivity contribution in [3.05, 3.63) is 62.3 Å². The number of nitrogens with one attached hydrogen (secondary N) is 2. The van der Waals surface area contributed by atoms with Crippen LogP contribution >= 0.6 is 0 Å². The summed E-state index contributed by atoms with van der Waals surface area (Å²) in [5.74, 6) is 0.317. The van der Waals surface area contributed by atoms with E-state index in [1.807, 2.05) is 30.3 Å². The number of nitrogens with zero attached hydrogens (tertiary/aromatic N) is 1. The molecule has 2 N–H and O–H groups in total. The number of rotatable bonds is 1. The van der Waals surface area contributed by atoms with Crippen LogP contribution in [0.1, 0.15) is 11.1 Å². The van der Waals surface area contributed by atoms with E-state index in [1.54, 1.807) is 6.08 Å². The van der Waals surface area contributed by atoms with Crippen molar-refractivity contribution in [3.63, 3.8) is 0 Å². The average Bonchev–Trinajstić information content (AvgIpc) is 2.74. The van der Waals surface area contributed by atoms with Crippen LogP contribution < -0.4 is 16.6 Å². The predicted molar refractivity (Wildman–Crippen MR) is 63.8 cm³/mol. The predicted octanol–water partition coefficient (Wildman–Crippen LogP) is 0.811. The maximum atomic E-state index is 11.5. The lowest BCUT2D eigenvalue weighted by Crippen LogP contribution is -2.23. The van der Waals surface area contributed by atoms with Gasteiger partial charge in [0.15, 0.2) is 0 Å². The second-order valence-electron chi connectivity index (χ2n) is 3.68. The molecule has 83 valence electrons. The molecule has 5 heteroatoms. The maximum absolute atomic E-state index is 11.5. The Morgan fingerprint density at radius 3 is 2.53 bits per heavy atom. The van der Waals surface area contributed by atoms with Gasteiger partial charge in [0.1, 0.15) is 5.82 Å². The van der Waals surface area contributed by atoms with Gasteiger partial charge < -0.3 is 0 Å². The lowest BCUT2D eigenvalue weighted by atomic mass is 10.1. The Kier molecular flexibility index (Phi) is 1.98. The molecule has 0 aliphatic carbocycles. The maximum Gasteiger partial charge on any atom is 0.327 e. The molecule has 0 saturated heterocycles. The highest BCUT2D eigenvalue weighted by atomic mass is 16.2. The first-order valence-electron chi connectivity index (χ1n) is 5.09. The van der Waals surface area contributed by atoms with Crippen LogP contribution in [-0.4, -0.2) is 9.97 Å². The standard InChI is InChI=1S/C12H8N3O2/c16-11-8-6-9(7-4-2-1-3-5-7)13-10(8)14-12(17)15-11/h1-6H,(H2,14,15,16,17). The van der Waals surface area contributed by atoms with Crippen LogP contribution in [0.25, 0.3) is 11.8 Å². The third-order valence-corrected chi connectivity index (χ3v) is 2.54. The van der Waals surface area contributed by atoms with E-state index in [0.717, 1.165) is 5.56 Å². The van der Waals surface area contributed by atoms with E-state index in [4.69, 9.17) is 0 Å². The van der Waals surface area contributed by atoms with Crippen molar-refractivity contribution in [2.45, 2.75) is 0 Å². The Morgan fingerprint density at radius 1 is 1.00 bits per heavy atom. The van der Waals surface area contributed by atoms with E-state index in [2.05, 4.69) is 15.3 Å². The molecule has 3 rings (SSSR count). The summed E-state index contributed by atoms with van der Waals surface area (Å²) in [4.78, 5) is 27.3. The summed E-state index contributed by atoms with van der Waals surface area (Å²) in [5.41, 5.74) is 1.01. The summed E-state index contributed by atoms with van der Waals surface area (Å²) in [7, 11) is 0. The summed E-state index contributed by atoms with van der Waals surface area (Å²) in [6.07, 6.45) is 1.67. The number of hydrogen-bond donors (Lipinski definition) is 2. The summed E-state index contributed by atoms with van der Waals surface area (Å²) < 4.78 is 0. The van der Waals surface area contributed by atoms with Crippen molar-refractivity contribution < 1.29 is 0 Å². The third kappa shape index (κ3) is 1.57. The van der Waals surface area contributed by atoms with E-state index < -0.39 is 11.2 Å². The molecule has 0 atom stereocenters. The number of aromatic amines is 2. The van der Waals surface area contributed by atoms with E-state index in [0.29, 0.717) is 17.1 Å². The van der Waals surface area contributed by atoms with Crippen LogP contribution in [-0.2, 0) is 0 Å². The topological polar surface area (TPSA) is 79.8 Å². The molecule has 2 heterocycles. The molecule has 0 amide bonds. The quantitative estimate of drug-likeness (QED) is 0.754. The second-order valence-corrected chi connectivity index (χ2v) is 3.68. The van der Waals surface area contributed by atoms with Crippen LogP contribution in [0.2, 0.25) is 0 Å². The highest BCUT2D eigenvalue weighted by Crippen LogP contribution is 2.27. The molecular formula is C12H8N3O2. The van der Waals surface area contributed by atoms with Crippen molar-refractivity contribution >= 4 is 17.6 Å². The van der Waals surface area contributed by atoms with Crippen LogP contribution in [0.3, 0.4) is 0 Å². The normalized spacial score (nSPS) is 12.8. The van der Waals surface area contributed by atoms with Gasteiger partial charge in [-0.3, -0.25) is 14.8 Å². The van der Waals surface area contributed by atoms with E-state index in [1.165, 1.54) is 0 Å². The van der Waals surface area contributed by atoms with Crippen molar-refractivity contribution in [3.8, 4) is 0 Å². The van der Waals surface area contributed by atoms with Crippen molar-refractivity contribution in [1.82, 2.24) is 15.3 Å². The van der Waals surface area contributed by atoms with Gasteiger partial charge in [-0.1, -0.05) is 30.3 Å². The van der Waals surface area contributed by atoms with Gasteiger partial charge in [0, 0.05) is 5.56 Å². The number of hydrogen-bond acceptors (Lipinski definition) is 2. The van der Waals surface area contributed by atoms with Crippen LogP contribution in [0.4, 0.5) is 5.82 Å². The minimum Gasteiger partial charge on any atom is -0.291 e. The summed E-state index contributed by atoms with van der Waals surface area (Å²) in [6, 6.07) is 9.48. The fourth-order valence-electron chi connectivity index (χ4n) is 1.75. The molecule has 0 fully saturated rings. The van der Waals surface area contributed by atoms with Gasteiger partial charge in [-0.15, -0.1) is 0 Å². The fraction of sp³-hybridized carbons (Fsp3) is 0. The molecule has 17 heavy (non-hydrogen) atoms. The van der Waals surface area contributed by atoms with Crippen molar-refractivity contribution in [2.24, 2.45) is 0 Å². The van der Waals surface area contributed by atoms with Gasteiger partial charge in [-0.05, 0) is 6.08 Å². The molecule has 0 saturated carbocycles. The number of H-pyrrole nitrogens is 2. The van der Waals surface area contributed by atoms with Crippen LogP contribution in [0.5, 0.6) is 0 Å². The Balaban J connectivity index is 2.12. The van der Waals surface area contributed by atoms with E-state index in [9.17, 15) is 9.59 Å². The largest absolute Gasteiger partial charge is 0.327 e. The van der Waals surface area contributed by atoms with Crippen LogP contribution in [0, 0.1) is 0 Å². The smallest absolute Gasteiger partial charge is 0.291 e. The zero-order chi connectivity index (χ0) is 11.8. The molecule has 0 unspecified atom stereocenters. The van der Waals surface area contributed by atoms with Gasteiger partial charge in [0.2, 0.25) is 0 Å². The molecule has 1 aromatic carbocycles. The zero-order valence-corrected chi connectivity index (χ0v) is 8.73. The average molecular weight is 226 g/mol. The summed E-state index contributed by atoms with van der Waals surface area (Å²) >= 11 is 0. The highest BCUT2D eigenvalue weighted by Gasteiger charge is 2.18. The Morgan fingerprint density at radius 2 is 1.76 bits per heavy atom. The first-order valence-corrected chi connectivity index (χ1v) is 5.09. The number of fused-ring (bicyclic) bond motifs is 1. The molecule has 5 nitrogen and oxygen atoms in total. The van der Waals surface area contributed by atoms with Gasteiger partial charge in [-0.25, -0.2) is 10.1 Å². The summed E-state index contributed by atoms with van der Waals surface area (Å²) in [5, 5.41) is 4.23. The minimum absolute atomic E-state index is 0.317. The van der Waals surface area contributed by atoms with Crippen molar-refractivity contribution in [1.29, 1.82) is 0 Å². The van der Waals surface area contributed by atoms with Gasteiger partial charge in [0.05, 0.1) is 11.3 Å². The number of aromatic nitrogens is 2. The lowest BCUT2D eigenvalue weighted by molar-refractivity contribution is 0.993. The molecule has 0 spiro atoms. The Hall–Kier alpha value is -2.56. The molecule has 1 aliphatic rings. The lowest BCUT2D eigenvalue weighted by Gasteiger charge is -2.00. The molecule has 1 radical (unpaired) electrons. The van der Waals surface area contributed by atoms with Gasteiger partial charge in [0.25, 0.3) is 5.56 Å². The third-order valence-electron chi connectivity index (χ3n) is 2.54. The highest BCUT2D eigenvalue weighted by molar-refractivity contribution is 5.89.